The fourth-order valence-electron chi connectivity index (χ4n) is 2.42. The first-order valence-corrected chi connectivity index (χ1v) is 9.73. The smallest absolute Gasteiger partial charge is 0.464 e. The fourth-order valence-corrected chi connectivity index (χ4v) is 3.61. The van der Waals surface area contributed by atoms with Crippen molar-refractivity contribution in [3.05, 3.63) is 45.8 Å². The zero-order chi connectivity index (χ0) is 20.0. The molecule has 0 saturated carbocycles. The lowest BCUT2D eigenvalue weighted by Gasteiger charge is -2.16. The molecular formula is C15H20ClN3O7P+. The van der Waals surface area contributed by atoms with Gasteiger partial charge in [0.1, 0.15) is 6.61 Å². The van der Waals surface area contributed by atoms with E-state index in [0.717, 1.165) is 0 Å². The summed E-state index contributed by atoms with van der Waals surface area (Å²) in [6.45, 7) is 5.23. The number of carbonyl (C=O) groups is 1. The van der Waals surface area contributed by atoms with Crippen LogP contribution in [-0.4, -0.2) is 46.3 Å². The molecule has 10 nitrogen and oxygen atoms in total. The molecule has 0 radical (unpaired) electrons. The Kier molecular flexibility index (Phi) is 7.88. The van der Waals surface area contributed by atoms with Crippen molar-refractivity contribution in [3.63, 3.8) is 0 Å². The van der Waals surface area contributed by atoms with Crippen molar-refractivity contribution in [3.8, 4) is 0 Å². The summed E-state index contributed by atoms with van der Waals surface area (Å²) in [5.74, 6) is -0.616. The Labute approximate surface area is 160 Å². The molecular weight excluding hydrogens is 401 g/mol. The number of alkyl halides is 1. The molecule has 5 atom stereocenters. The van der Waals surface area contributed by atoms with Gasteiger partial charge < -0.3 is 9.47 Å². The highest BCUT2D eigenvalue weighted by Crippen LogP contribution is 2.33. The van der Waals surface area contributed by atoms with Crippen molar-refractivity contribution in [2.75, 3.05) is 13.2 Å². The number of aromatic nitrogens is 2. The van der Waals surface area contributed by atoms with Crippen LogP contribution in [0.25, 0.3) is 0 Å². The summed E-state index contributed by atoms with van der Waals surface area (Å²) < 4.78 is 28.8. The second kappa shape index (κ2) is 9.91. The van der Waals surface area contributed by atoms with E-state index >= 15 is 0 Å². The van der Waals surface area contributed by atoms with Crippen LogP contribution in [0.5, 0.6) is 0 Å². The van der Waals surface area contributed by atoms with Crippen LogP contribution in [0.2, 0.25) is 0 Å². The highest BCUT2D eigenvalue weighted by Gasteiger charge is 2.38. The molecule has 1 aromatic rings. The topological polar surface area (TPSA) is 129 Å². The minimum absolute atomic E-state index is 0.0767. The van der Waals surface area contributed by atoms with Gasteiger partial charge in [0.15, 0.2) is 12.3 Å². The number of nitrogens with one attached hydrogen (secondary N) is 2. The van der Waals surface area contributed by atoms with E-state index in [9.17, 15) is 18.9 Å². The summed E-state index contributed by atoms with van der Waals surface area (Å²) >= 11 is 6.22. The second-order valence-corrected chi connectivity index (χ2v) is 7.16. The molecule has 1 fully saturated rings. The summed E-state index contributed by atoms with van der Waals surface area (Å²) in [5, 5.41) is 1.91. The number of ether oxygens (including phenoxy) is 2. The third kappa shape index (κ3) is 5.82. The molecule has 1 aliphatic heterocycles. The third-order valence-electron chi connectivity index (χ3n) is 3.65. The number of hydrogen-bond acceptors (Lipinski definition) is 7. The van der Waals surface area contributed by atoms with Crippen LogP contribution in [0.1, 0.15) is 19.6 Å². The van der Waals surface area contributed by atoms with Gasteiger partial charge in [-0.05, 0) is 17.9 Å². The van der Waals surface area contributed by atoms with Gasteiger partial charge in [-0.1, -0.05) is 11.2 Å². The van der Waals surface area contributed by atoms with Gasteiger partial charge in [0.25, 0.3) is 5.56 Å². The number of rotatable bonds is 9. The van der Waals surface area contributed by atoms with Crippen LogP contribution in [-0.2, 0) is 23.4 Å². The fraction of sp³-hybridized carbons (Fsp3) is 0.533. The Balaban J connectivity index is 1.89. The Morgan fingerprint density at radius 3 is 3.00 bits per heavy atom. The van der Waals surface area contributed by atoms with Crippen molar-refractivity contribution in [1.82, 2.24) is 14.6 Å². The van der Waals surface area contributed by atoms with E-state index < -0.39 is 49.1 Å². The molecule has 2 rings (SSSR count). The number of hydrogen-bond donors (Lipinski definition) is 2. The molecule has 0 aliphatic carbocycles. The molecule has 2 N–H and O–H groups in total. The molecule has 1 aromatic heterocycles. The molecule has 27 heavy (non-hydrogen) atoms. The largest absolute Gasteiger partial charge is 0.614 e. The van der Waals surface area contributed by atoms with E-state index in [-0.39, 0.29) is 13.2 Å². The SMILES string of the molecule is C=C[C@H](N[P+](=O)OC[C@@H]1C[C@H](Cl)[C@H](n2ccc(=O)[nH]c2=O)O1)C(=O)OCC. The third-order valence-corrected chi connectivity index (χ3v) is 4.92. The first kappa shape index (κ1) is 21.5. The highest BCUT2D eigenvalue weighted by molar-refractivity contribution is 7.36. The molecule has 0 bridgehead atoms. The first-order chi connectivity index (χ1) is 12.8. The van der Waals surface area contributed by atoms with E-state index in [2.05, 4.69) is 16.7 Å². The Morgan fingerprint density at radius 2 is 2.37 bits per heavy atom. The Morgan fingerprint density at radius 1 is 1.63 bits per heavy atom. The van der Waals surface area contributed by atoms with Crippen LogP contribution >= 0.6 is 19.8 Å². The van der Waals surface area contributed by atoms with E-state index in [1.807, 2.05) is 0 Å². The van der Waals surface area contributed by atoms with Crippen molar-refractivity contribution in [2.45, 2.75) is 37.1 Å². The van der Waals surface area contributed by atoms with Crippen LogP contribution in [0, 0.1) is 0 Å². The lowest BCUT2D eigenvalue weighted by molar-refractivity contribution is -0.143. The van der Waals surface area contributed by atoms with Gasteiger partial charge in [-0.2, -0.15) is 0 Å². The number of aromatic amines is 1. The van der Waals surface area contributed by atoms with Gasteiger partial charge in [-0.15, -0.1) is 22.7 Å². The number of halogens is 1. The van der Waals surface area contributed by atoms with Gasteiger partial charge in [0, 0.05) is 12.3 Å². The summed E-state index contributed by atoms with van der Waals surface area (Å²) in [6.07, 6.45) is 1.57. The normalized spacial score (nSPS) is 23.6. The summed E-state index contributed by atoms with van der Waals surface area (Å²) in [6, 6.07) is 0.218. The van der Waals surface area contributed by atoms with Crippen LogP contribution < -0.4 is 16.3 Å². The minimum atomic E-state index is -2.39. The molecule has 2 heterocycles. The maximum absolute atomic E-state index is 12.0. The quantitative estimate of drug-likeness (QED) is 0.260. The Bertz CT molecular complexity index is 811. The van der Waals surface area contributed by atoms with Gasteiger partial charge in [0.2, 0.25) is 0 Å². The van der Waals surface area contributed by atoms with E-state index in [1.165, 1.54) is 22.9 Å². The first-order valence-electron chi connectivity index (χ1n) is 8.12. The van der Waals surface area contributed by atoms with E-state index in [0.29, 0.717) is 6.42 Å². The highest BCUT2D eigenvalue weighted by atomic mass is 35.5. The van der Waals surface area contributed by atoms with E-state index in [4.69, 9.17) is 25.6 Å². The molecule has 1 unspecified atom stereocenters. The molecule has 0 amide bonds. The summed E-state index contributed by atoms with van der Waals surface area (Å²) in [5.41, 5.74) is -1.17. The molecule has 0 spiro atoms. The van der Waals surface area contributed by atoms with Crippen molar-refractivity contribution in [2.24, 2.45) is 0 Å². The zero-order valence-electron chi connectivity index (χ0n) is 14.5. The maximum atomic E-state index is 12.0. The molecule has 1 aliphatic rings. The molecule has 1 saturated heterocycles. The molecule has 0 aromatic carbocycles. The van der Waals surface area contributed by atoms with Crippen molar-refractivity contribution >= 4 is 25.7 Å². The van der Waals surface area contributed by atoms with Gasteiger partial charge in [-0.3, -0.25) is 14.3 Å². The predicted octanol–water partition coefficient (Wildman–Crippen LogP) is 0.813. The summed E-state index contributed by atoms with van der Waals surface area (Å²) in [7, 11) is -2.39. The minimum Gasteiger partial charge on any atom is -0.464 e. The average molecular weight is 421 g/mol. The molecule has 148 valence electrons. The van der Waals surface area contributed by atoms with E-state index in [1.54, 1.807) is 6.92 Å². The monoisotopic (exact) mass is 420 g/mol. The van der Waals surface area contributed by atoms with Gasteiger partial charge in [-0.25, -0.2) is 9.59 Å². The predicted molar refractivity (Wildman–Crippen MR) is 96.8 cm³/mol. The molecule has 12 heteroatoms. The van der Waals surface area contributed by atoms with Crippen LogP contribution in [0.4, 0.5) is 0 Å². The second-order valence-electron chi connectivity index (χ2n) is 5.57. The number of nitrogens with zero attached hydrogens (tertiary/aromatic N) is 1. The van der Waals surface area contributed by atoms with Crippen LogP contribution in [0.3, 0.4) is 0 Å². The Hall–Kier alpha value is -1.84. The number of H-pyrrole nitrogens is 1. The van der Waals surface area contributed by atoms with Crippen molar-refractivity contribution < 1.29 is 23.4 Å². The number of carbonyl (C=O) groups excluding carboxylic acids is 1. The van der Waals surface area contributed by atoms with Crippen molar-refractivity contribution in [1.29, 1.82) is 0 Å². The van der Waals surface area contributed by atoms with Gasteiger partial charge >= 0.3 is 19.8 Å². The zero-order valence-corrected chi connectivity index (χ0v) is 16.2. The van der Waals surface area contributed by atoms with Gasteiger partial charge in [0.05, 0.1) is 18.1 Å². The lowest BCUT2D eigenvalue weighted by Crippen LogP contribution is -2.34. The number of esters is 1. The van der Waals surface area contributed by atoms with Crippen LogP contribution in [0.15, 0.2) is 34.5 Å². The average Bonchev–Trinajstić information content (AvgIpc) is 2.98. The maximum Gasteiger partial charge on any atom is 0.614 e. The lowest BCUT2D eigenvalue weighted by atomic mass is 10.2. The summed E-state index contributed by atoms with van der Waals surface area (Å²) in [4.78, 5) is 36.7. The standard InChI is InChI=1S/C15H19ClN3O7P/c1-3-11(14(21)24-4-2)18-27(23)25-8-9-7-10(16)13(26-9)19-6-5-12(20)17-15(19)22/h3,5-6,9-11,13H,1,4,7-8H2,2H3,(H-,17,18,20,22,23)/p+1/t9-,10-,11-,13+/m0/s1.